The van der Waals surface area contributed by atoms with E-state index in [1.54, 1.807) is 12.3 Å². The Bertz CT molecular complexity index is 710. The molecule has 0 spiro atoms. The molecule has 140 valence electrons. The van der Waals surface area contributed by atoms with Gasteiger partial charge in [0, 0.05) is 25.0 Å². The van der Waals surface area contributed by atoms with Gasteiger partial charge in [0.25, 0.3) is 5.91 Å². The van der Waals surface area contributed by atoms with Crippen molar-refractivity contribution < 1.29 is 9.53 Å². The Balaban J connectivity index is 2.20. The van der Waals surface area contributed by atoms with Crippen LogP contribution in [0.25, 0.3) is 0 Å². The van der Waals surface area contributed by atoms with E-state index >= 15 is 0 Å². The SMILES string of the molecule is CCCN(CCC)C(=O)c1cc(Nc2ccccc2OC(C)C)ccn1. The predicted octanol–water partition coefficient (Wildman–Crippen LogP) is 4.87. The minimum absolute atomic E-state index is 0.0240. The maximum absolute atomic E-state index is 12.8. The highest BCUT2D eigenvalue weighted by molar-refractivity contribution is 5.93. The molecule has 0 aliphatic carbocycles. The normalized spacial score (nSPS) is 10.7. The average Bonchev–Trinajstić information content (AvgIpc) is 2.62. The second kappa shape index (κ2) is 9.80. The van der Waals surface area contributed by atoms with Gasteiger partial charge in [0.05, 0.1) is 11.8 Å². The van der Waals surface area contributed by atoms with Crippen molar-refractivity contribution in [3.05, 3.63) is 48.3 Å². The van der Waals surface area contributed by atoms with Crippen LogP contribution in [-0.4, -0.2) is 35.0 Å². The first-order valence-corrected chi connectivity index (χ1v) is 9.33. The lowest BCUT2D eigenvalue weighted by Crippen LogP contribution is -2.33. The lowest BCUT2D eigenvalue weighted by Gasteiger charge is -2.21. The Hall–Kier alpha value is -2.56. The van der Waals surface area contributed by atoms with Crippen molar-refractivity contribution in [2.45, 2.75) is 46.6 Å². The second-order valence-electron chi connectivity index (χ2n) is 6.51. The number of pyridine rings is 1. The van der Waals surface area contributed by atoms with E-state index < -0.39 is 0 Å². The molecule has 0 saturated heterocycles. The van der Waals surface area contributed by atoms with E-state index in [0.717, 1.165) is 43.1 Å². The van der Waals surface area contributed by atoms with E-state index in [1.807, 2.05) is 49.1 Å². The van der Waals surface area contributed by atoms with Crippen molar-refractivity contribution in [2.75, 3.05) is 18.4 Å². The van der Waals surface area contributed by atoms with Gasteiger partial charge in [0.2, 0.25) is 0 Å². The van der Waals surface area contributed by atoms with E-state index in [4.69, 9.17) is 4.74 Å². The van der Waals surface area contributed by atoms with Gasteiger partial charge in [-0.3, -0.25) is 9.78 Å². The number of ether oxygens (including phenoxy) is 1. The molecular weight excluding hydrogens is 326 g/mol. The summed E-state index contributed by atoms with van der Waals surface area (Å²) in [5.74, 6) is 0.759. The Morgan fingerprint density at radius 2 is 1.85 bits per heavy atom. The number of hydrogen-bond acceptors (Lipinski definition) is 4. The molecule has 0 aliphatic heterocycles. The highest BCUT2D eigenvalue weighted by atomic mass is 16.5. The van der Waals surface area contributed by atoms with Crippen molar-refractivity contribution in [1.82, 2.24) is 9.88 Å². The van der Waals surface area contributed by atoms with Crippen molar-refractivity contribution in [3.8, 4) is 5.75 Å². The molecule has 0 saturated carbocycles. The maximum Gasteiger partial charge on any atom is 0.272 e. The van der Waals surface area contributed by atoms with Crippen LogP contribution in [0, 0.1) is 0 Å². The number of amides is 1. The smallest absolute Gasteiger partial charge is 0.272 e. The summed E-state index contributed by atoms with van der Waals surface area (Å²) in [4.78, 5) is 18.9. The monoisotopic (exact) mass is 355 g/mol. The Labute approximate surface area is 156 Å². The van der Waals surface area contributed by atoms with Crippen LogP contribution in [0.2, 0.25) is 0 Å². The van der Waals surface area contributed by atoms with Crippen molar-refractivity contribution in [3.63, 3.8) is 0 Å². The van der Waals surface area contributed by atoms with Gasteiger partial charge in [-0.15, -0.1) is 0 Å². The van der Waals surface area contributed by atoms with E-state index in [-0.39, 0.29) is 12.0 Å². The van der Waals surface area contributed by atoms with Gasteiger partial charge >= 0.3 is 0 Å². The minimum atomic E-state index is -0.0240. The molecule has 1 amide bonds. The van der Waals surface area contributed by atoms with Crippen LogP contribution >= 0.6 is 0 Å². The molecule has 26 heavy (non-hydrogen) atoms. The largest absolute Gasteiger partial charge is 0.489 e. The molecule has 0 atom stereocenters. The molecule has 5 heteroatoms. The number of nitrogens with zero attached hydrogens (tertiary/aromatic N) is 2. The van der Waals surface area contributed by atoms with Crippen molar-refractivity contribution in [2.24, 2.45) is 0 Å². The number of aromatic nitrogens is 1. The minimum Gasteiger partial charge on any atom is -0.489 e. The molecule has 0 fully saturated rings. The Morgan fingerprint density at radius 3 is 2.50 bits per heavy atom. The highest BCUT2D eigenvalue weighted by Crippen LogP contribution is 2.28. The first-order chi connectivity index (χ1) is 12.5. The fourth-order valence-corrected chi connectivity index (χ4v) is 2.72. The summed E-state index contributed by atoms with van der Waals surface area (Å²) < 4.78 is 5.84. The van der Waals surface area contributed by atoms with E-state index in [9.17, 15) is 4.79 Å². The average molecular weight is 355 g/mol. The summed E-state index contributed by atoms with van der Waals surface area (Å²) in [7, 11) is 0. The third-order valence-corrected chi connectivity index (χ3v) is 3.78. The summed E-state index contributed by atoms with van der Waals surface area (Å²) in [5, 5.41) is 3.34. The number of hydrogen-bond donors (Lipinski definition) is 1. The van der Waals surface area contributed by atoms with E-state index in [1.165, 1.54) is 0 Å². The van der Waals surface area contributed by atoms with E-state index in [0.29, 0.717) is 5.69 Å². The predicted molar refractivity (Wildman–Crippen MR) is 106 cm³/mol. The summed E-state index contributed by atoms with van der Waals surface area (Å²) in [6.45, 7) is 9.64. The van der Waals surface area contributed by atoms with Gasteiger partial charge in [-0.2, -0.15) is 0 Å². The van der Waals surface area contributed by atoms with Crippen LogP contribution < -0.4 is 10.1 Å². The molecule has 2 rings (SSSR count). The third kappa shape index (κ3) is 5.48. The Morgan fingerprint density at radius 1 is 1.15 bits per heavy atom. The lowest BCUT2D eigenvalue weighted by molar-refractivity contribution is 0.0749. The molecule has 2 aromatic rings. The van der Waals surface area contributed by atoms with Crippen molar-refractivity contribution in [1.29, 1.82) is 0 Å². The topological polar surface area (TPSA) is 54.5 Å². The molecule has 0 radical (unpaired) electrons. The second-order valence-corrected chi connectivity index (χ2v) is 6.51. The first-order valence-electron chi connectivity index (χ1n) is 9.33. The van der Waals surface area contributed by atoms with E-state index in [2.05, 4.69) is 24.1 Å². The van der Waals surface area contributed by atoms with Crippen LogP contribution in [0.3, 0.4) is 0 Å². The summed E-state index contributed by atoms with van der Waals surface area (Å²) >= 11 is 0. The number of carbonyl (C=O) groups excluding carboxylic acids is 1. The molecule has 0 bridgehead atoms. The molecule has 1 N–H and O–H groups in total. The number of nitrogens with one attached hydrogen (secondary N) is 1. The molecule has 0 unspecified atom stereocenters. The van der Waals surface area contributed by atoms with Gasteiger partial charge in [-0.1, -0.05) is 26.0 Å². The molecule has 1 aromatic heterocycles. The maximum atomic E-state index is 12.8. The zero-order chi connectivity index (χ0) is 18.9. The zero-order valence-electron chi connectivity index (χ0n) is 16.2. The van der Waals surface area contributed by atoms with Gasteiger partial charge in [-0.25, -0.2) is 0 Å². The molecular formula is C21H29N3O2. The zero-order valence-corrected chi connectivity index (χ0v) is 16.2. The quantitative estimate of drug-likeness (QED) is 0.697. The number of anilines is 2. The van der Waals surface area contributed by atoms with Crippen LogP contribution in [0.15, 0.2) is 42.6 Å². The summed E-state index contributed by atoms with van der Waals surface area (Å²) in [6, 6.07) is 11.4. The molecule has 5 nitrogen and oxygen atoms in total. The van der Waals surface area contributed by atoms with Crippen LogP contribution in [0.1, 0.15) is 51.0 Å². The Kier molecular flexibility index (Phi) is 7.45. The third-order valence-electron chi connectivity index (χ3n) is 3.78. The van der Waals surface area contributed by atoms with Gasteiger partial charge in [-0.05, 0) is 51.0 Å². The fourth-order valence-electron chi connectivity index (χ4n) is 2.72. The summed E-state index contributed by atoms with van der Waals surface area (Å²) in [5.41, 5.74) is 2.14. The highest BCUT2D eigenvalue weighted by Gasteiger charge is 2.16. The van der Waals surface area contributed by atoms with Crippen LogP contribution in [0.4, 0.5) is 11.4 Å². The standard InChI is InChI=1S/C21H29N3O2/c1-5-13-24(14-6-2)21(25)19-15-17(11-12-22-19)23-18-9-7-8-10-20(18)26-16(3)4/h7-12,15-16H,5-6,13-14H2,1-4H3,(H,22,23). The summed E-state index contributed by atoms with van der Waals surface area (Å²) in [6.07, 6.45) is 3.62. The van der Waals surface area contributed by atoms with Crippen LogP contribution in [0.5, 0.6) is 5.75 Å². The molecule has 0 aliphatic rings. The number of carbonyl (C=O) groups is 1. The van der Waals surface area contributed by atoms with Gasteiger partial charge in [0.1, 0.15) is 11.4 Å². The van der Waals surface area contributed by atoms with Gasteiger partial charge in [0.15, 0.2) is 0 Å². The number of benzene rings is 1. The van der Waals surface area contributed by atoms with Crippen LogP contribution in [-0.2, 0) is 0 Å². The molecule has 1 aromatic carbocycles. The van der Waals surface area contributed by atoms with Crippen molar-refractivity contribution >= 4 is 17.3 Å². The first kappa shape index (κ1) is 19.8. The number of para-hydroxylation sites is 2. The van der Waals surface area contributed by atoms with Gasteiger partial charge < -0.3 is 15.0 Å². The fraction of sp³-hybridized carbons (Fsp3) is 0.429. The number of rotatable bonds is 9. The molecule has 1 heterocycles. The lowest BCUT2D eigenvalue weighted by atomic mass is 10.2.